The lowest BCUT2D eigenvalue weighted by atomic mass is 10.1. The SMILES string of the molecule is CCOCc1ccc(C)c(Nc2ccc(-c3ccc(-n4ccnc4)cc3)[nH]2)c1. The first-order chi connectivity index (χ1) is 13.7. The van der Waals surface area contributed by atoms with E-state index < -0.39 is 0 Å². The average molecular weight is 372 g/mol. The Labute approximate surface area is 165 Å². The second-order valence-electron chi connectivity index (χ2n) is 6.71. The van der Waals surface area contributed by atoms with Gasteiger partial charge in [0.25, 0.3) is 0 Å². The number of H-pyrrole nitrogens is 1. The molecule has 0 unspecified atom stereocenters. The fourth-order valence-corrected chi connectivity index (χ4v) is 3.12. The van der Waals surface area contributed by atoms with Crippen molar-refractivity contribution >= 4 is 11.5 Å². The molecule has 0 radical (unpaired) electrons. The number of aryl methyl sites for hydroxylation is 1. The third-order valence-corrected chi connectivity index (χ3v) is 4.71. The van der Waals surface area contributed by atoms with Gasteiger partial charge in [0.2, 0.25) is 0 Å². The molecule has 0 bridgehead atoms. The topological polar surface area (TPSA) is 54.9 Å². The summed E-state index contributed by atoms with van der Waals surface area (Å²) in [5.41, 5.74) is 6.74. The number of rotatable bonds is 7. The third kappa shape index (κ3) is 4.00. The second kappa shape index (κ2) is 8.15. The van der Waals surface area contributed by atoms with Gasteiger partial charge < -0.3 is 19.6 Å². The zero-order valence-electron chi connectivity index (χ0n) is 16.1. The summed E-state index contributed by atoms with van der Waals surface area (Å²) in [4.78, 5) is 7.55. The number of hydrogen-bond donors (Lipinski definition) is 2. The van der Waals surface area contributed by atoms with E-state index in [1.165, 1.54) is 5.56 Å². The molecule has 5 heteroatoms. The summed E-state index contributed by atoms with van der Waals surface area (Å²) in [5, 5.41) is 3.49. The number of ether oxygens (including phenoxy) is 1. The van der Waals surface area contributed by atoms with E-state index in [0.717, 1.165) is 40.6 Å². The van der Waals surface area contributed by atoms with E-state index in [4.69, 9.17) is 4.74 Å². The number of nitrogens with one attached hydrogen (secondary N) is 2. The zero-order valence-corrected chi connectivity index (χ0v) is 16.1. The predicted octanol–water partition coefficient (Wildman–Crippen LogP) is 5.46. The van der Waals surface area contributed by atoms with Gasteiger partial charge in [-0.1, -0.05) is 24.3 Å². The Morgan fingerprint density at radius 2 is 1.93 bits per heavy atom. The Balaban J connectivity index is 1.50. The molecule has 0 saturated carbocycles. The van der Waals surface area contributed by atoms with Crippen LogP contribution in [0.3, 0.4) is 0 Å². The molecule has 4 rings (SSSR count). The highest BCUT2D eigenvalue weighted by atomic mass is 16.5. The summed E-state index contributed by atoms with van der Waals surface area (Å²) < 4.78 is 7.51. The Bertz CT molecular complexity index is 1030. The lowest BCUT2D eigenvalue weighted by molar-refractivity contribution is 0.134. The van der Waals surface area contributed by atoms with E-state index in [2.05, 4.69) is 76.8 Å². The van der Waals surface area contributed by atoms with E-state index >= 15 is 0 Å². The molecule has 28 heavy (non-hydrogen) atoms. The molecule has 5 nitrogen and oxygen atoms in total. The summed E-state index contributed by atoms with van der Waals surface area (Å²) in [6.45, 7) is 5.46. The van der Waals surface area contributed by atoms with Gasteiger partial charge in [0.15, 0.2) is 0 Å². The van der Waals surface area contributed by atoms with Crippen LogP contribution in [0, 0.1) is 6.92 Å². The maximum absolute atomic E-state index is 5.52. The van der Waals surface area contributed by atoms with Crippen molar-refractivity contribution in [1.82, 2.24) is 14.5 Å². The van der Waals surface area contributed by atoms with E-state index in [0.29, 0.717) is 6.61 Å². The zero-order chi connectivity index (χ0) is 19.3. The highest BCUT2D eigenvalue weighted by Gasteiger charge is 2.06. The Morgan fingerprint density at radius 3 is 2.68 bits per heavy atom. The molecule has 0 atom stereocenters. The molecule has 2 aromatic carbocycles. The van der Waals surface area contributed by atoms with Crippen LogP contribution < -0.4 is 5.32 Å². The van der Waals surface area contributed by atoms with Gasteiger partial charge in [0.1, 0.15) is 5.82 Å². The summed E-state index contributed by atoms with van der Waals surface area (Å²) in [6.07, 6.45) is 5.52. The van der Waals surface area contributed by atoms with E-state index in [1.54, 1.807) is 12.5 Å². The summed E-state index contributed by atoms with van der Waals surface area (Å²) in [7, 11) is 0. The standard InChI is InChI=1S/C23H24N4O/c1-3-28-15-18-5-4-17(2)22(14-18)26-23-11-10-21(25-23)19-6-8-20(9-7-19)27-13-12-24-16-27/h4-14,16,25-26H,3,15H2,1-2H3. The van der Waals surface area contributed by atoms with Crippen LogP contribution in [-0.2, 0) is 11.3 Å². The molecule has 0 saturated heterocycles. The molecule has 0 aliphatic carbocycles. The van der Waals surface area contributed by atoms with Gasteiger partial charge in [0, 0.05) is 36.1 Å². The first-order valence-corrected chi connectivity index (χ1v) is 9.45. The minimum absolute atomic E-state index is 0.630. The van der Waals surface area contributed by atoms with Crippen molar-refractivity contribution in [2.45, 2.75) is 20.5 Å². The smallest absolute Gasteiger partial charge is 0.108 e. The Kier molecular flexibility index (Phi) is 5.26. The minimum atomic E-state index is 0.630. The number of benzene rings is 2. The highest BCUT2D eigenvalue weighted by molar-refractivity contribution is 5.68. The number of nitrogens with zero attached hydrogens (tertiary/aromatic N) is 2. The normalized spacial score (nSPS) is 10.9. The summed E-state index contributed by atoms with van der Waals surface area (Å²) >= 11 is 0. The van der Waals surface area contributed by atoms with E-state index in [9.17, 15) is 0 Å². The van der Waals surface area contributed by atoms with Crippen molar-refractivity contribution in [1.29, 1.82) is 0 Å². The lowest BCUT2D eigenvalue weighted by Gasteiger charge is -2.11. The van der Waals surface area contributed by atoms with Gasteiger partial charge in [-0.15, -0.1) is 0 Å². The van der Waals surface area contributed by atoms with Gasteiger partial charge in [0.05, 0.1) is 12.9 Å². The number of aromatic amines is 1. The van der Waals surface area contributed by atoms with Crippen molar-refractivity contribution in [2.75, 3.05) is 11.9 Å². The molecule has 0 aliphatic rings. The number of hydrogen-bond acceptors (Lipinski definition) is 3. The van der Waals surface area contributed by atoms with Crippen molar-refractivity contribution in [2.24, 2.45) is 0 Å². The molecule has 0 fully saturated rings. The van der Waals surface area contributed by atoms with Gasteiger partial charge in [-0.2, -0.15) is 0 Å². The predicted molar refractivity (Wildman–Crippen MR) is 113 cm³/mol. The maximum atomic E-state index is 5.52. The van der Waals surface area contributed by atoms with Crippen LogP contribution in [0.5, 0.6) is 0 Å². The van der Waals surface area contributed by atoms with Gasteiger partial charge in [-0.3, -0.25) is 0 Å². The quantitative estimate of drug-likeness (QED) is 0.453. The van der Waals surface area contributed by atoms with E-state index in [-0.39, 0.29) is 0 Å². The molecular formula is C23H24N4O. The second-order valence-corrected chi connectivity index (χ2v) is 6.71. The van der Waals surface area contributed by atoms with Crippen LogP contribution in [0.15, 0.2) is 73.3 Å². The maximum Gasteiger partial charge on any atom is 0.108 e. The molecule has 0 aliphatic heterocycles. The molecule has 2 heterocycles. The summed E-state index contributed by atoms with van der Waals surface area (Å²) in [6, 6.07) is 18.9. The van der Waals surface area contributed by atoms with Crippen molar-refractivity contribution in [3.8, 4) is 16.9 Å². The lowest BCUT2D eigenvalue weighted by Crippen LogP contribution is -1.97. The van der Waals surface area contributed by atoms with Crippen molar-refractivity contribution < 1.29 is 4.74 Å². The van der Waals surface area contributed by atoms with Gasteiger partial charge in [-0.25, -0.2) is 4.98 Å². The monoisotopic (exact) mass is 372 g/mol. The molecule has 4 aromatic rings. The van der Waals surface area contributed by atoms with Crippen LogP contribution in [0.25, 0.3) is 16.9 Å². The number of anilines is 2. The summed E-state index contributed by atoms with van der Waals surface area (Å²) in [5.74, 6) is 0.963. The molecule has 0 amide bonds. The van der Waals surface area contributed by atoms with Crippen LogP contribution in [-0.4, -0.2) is 21.1 Å². The van der Waals surface area contributed by atoms with E-state index in [1.807, 2.05) is 17.7 Å². The molecular weight excluding hydrogens is 348 g/mol. The molecule has 142 valence electrons. The van der Waals surface area contributed by atoms with Gasteiger partial charge in [-0.05, 0) is 60.9 Å². The minimum Gasteiger partial charge on any atom is -0.377 e. The fourth-order valence-electron chi connectivity index (χ4n) is 3.12. The molecule has 0 spiro atoms. The van der Waals surface area contributed by atoms with Crippen LogP contribution in [0.1, 0.15) is 18.1 Å². The van der Waals surface area contributed by atoms with Crippen molar-refractivity contribution in [3.05, 3.63) is 84.4 Å². The van der Waals surface area contributed by atoms with Crippen LogP contribution in [0.4, 0.5) is 11.5 Å². The first kappa shape index (κ1) is 18.1. The van der Waals surface area contributed by atoms with Crippen LogP contribution in [0.2, 0.25) is 0 Å². The molecule has 2 N–H and O–H groups in total. The van der Waals surface area contributed by atoms with Crippen molar-refractivity contribution in [3.63, 3.8) is 0 Å². The Morgan fingerprint density at radius 1 is 1.07 bits per heavy atom. The average Bonchev–Trinajstić information content (AvgIpc) is 3.41. The first-order valence-electron chi connectivity index (χ1n) is 9.45. The Hall–Kier alpha value is -3.31. The number of imidazole rings is 1. The third-order valence-electron chi connectivity index (χ3n) is 4.71. The van der Waals surface area contributed by atoms with Crippen LogP contribution >= 0.6 is 0 Å². The fraction of sp³-hybridized carbons (Fsp3) is 0.174. The number of aromatic nitrogens is 3. The molecule has 2 aromatic heterocycles. The largest absolute Gasteiger partial charge is 0.377 e. The highest BCUT2D eigenvalue weighted by Crippen LogP contribution is 2.26. The van der Waals surface area contributed by atoms with Gasteiger partial charge >= 0.3 is 0 Å².